The van der Waals surface area contributed by atoms with E-state index in [0.29, 0.717) is 25.3 Å². The molecule has 0 saturated carbocycles. The number of ether oxygens (including phenoxy) is 1. The molecule has 3 rings (SSSR count). The maximum absolute atomic E-state index is 12.5. The molecule has 0 unspecified atom stereocenters. The summed E-state index contributed by atoms with van der Waals surface area (Å²) in [6.45, 7) is 2.11. The normalized spacial score (nSPS) is 16.6. The van der Waals surface area contributed by atoms with Gasteiger partial charge in [-0.2, -0.15) is 0 Å². The Morgan fingerprint density at radius 3 is 2.96 bits per heavy atom. The van der Waals surface area contributed by atoms with Crippen molar-refractivity contribution in [2.45, 2.75) is 38.6 Å². The van der Waals surface area contributed by atoms with Gasteiger partial charge in [0, 0.05) is 30.9 Å². The molecule has 0 radical (unpaired) electrons. The van der Waals surface area contributed by atoms with E-state index in [0.717, 1.165) is 48.5 Å². The van der Waals surface area contributed by atoms with Crippen LogP contribution in [0.5, 0.6) is 5.75 Å². The zero-order valence-corrected chi connectivity index (χ0v) is 17.2. The first-order valence-electron chi connectivity index (χ1n) is 9.84. The predicted octanol–water partition coefficient (Wildman–Crippen LogP) is 3.63. The summed E-state index contributed by atoms with van der Waals surface area (Å²) < 4.78 is 5.21. The van der Waals surface area contributed by atoms with Gasteiger partial charge in [0.2, 0.25) is 11.8 Å². The van der Waals surface area contributed by atoms with Crippen LogP contribution in [0.4, 0.5) is 0 Å². The quantitative estimate of drug-likeness (QED) is 0.736. The third-order valence-electron chi connectivity index (χ3n) is 5.18. The Morgan fingerprint density at radius 1 is 1.29 bits per heavy atom. The molecule has 0 bridgehead atoms. The molecule has 2 heterocycles. The van der Waals surface area contributed by atoms with E-state index >= 15 is 0 Å². The molecule has 5 nitrogen and oxygen atoms in total. The second-order valence-electron chi connectivity index (χ2n) is 7.27. The second-order valence-corrected chi connectivity index (χ2v) is 8.30. The minimum Gasteiger partial charge on any atom is -0.497 e. The molecule has 1 fully saturated rings. The summed E-state index contributed by atoms with van der Waals surface area (Å²) in [5.74, 6) is 1.46. The number of nitrogens with one attached hydrogen (secondary N) is 1. The molecule has 2 amide bonds. The number of nitrogens with zero attached hydrogens (tertiary/aromatic N) is 1. The third kappa shape index (κ3) is 6.09. The lowest BCUT2D eigenvalue weighted by Crippen LogP contribution is -2.41. The third-order valence-corrected chi connectivity index (χ3v) is 6.06. The molecule has 28 heavy (non-hydrogen) atoms. The van der Waals surface area contributed by atoms with Crippen LogP contribution in [0.25, 0.3) is 0 Å². The minimum absolute atomic E-state index is 0.0601. The molecular formula is C22H28N2O3S. The molecule has 1 aliphatic heterocycles. The monoisotopic (exact) mass is 400 g/mol. The van der Waals surface area contributed by atoms with E-state index in [-0.39, 0.29) is 11.8 Å². The molecule has 6 heteroatoms. The number of piperidine rings is 1. The summed E-state index contributed by atoms with van der Waals surface area (Å²) in [7, 11) is 1.64. The second kappa shape index (κ2) is 10.3. The summed E-state index contributed by atoms with van der Waals surface area (Å²) in [5.41, 5.74) is 1.02. The summed E-state index contributed by atoms with van der Waals surface area (Å²) in [5, 5.41) is 4.99. The van der Waals surface area contributed by atoms with Gasteiger partial charge in [0.15, 0.2) is 0 Å². The number of likely N-dealkylation sites (tertiary alicyclic amines) is 1. The van der Waals surface area contributed by atoms with Gasteiger partial charge in [0.1, 0.15) is 5.75 Å². The van der Waals surface area contributed by atoms with Crippen molar-refractivity contribution in [3.05, 3.63) is 52.2 Å². The number of hydrogen-bond acceptors (Lipinski definition) is 4. The van der Waals surface area contributed by atoms with Gasteiger partial charge in [-0.3, -0.25) is 9.59 Å². The predicted molar refractivity (Wildman–Crippen MR) is 111 cm³/mol. The number of benzene rings is 1. The van der Waals surface area contributed by atoms with Crippen LogP contribution in [0, 0.1) is 5.92 Å². The number of carbonyl (C=O) groups is 2. The van der Waals surface area contributed by atoms with Crippen LogP contribution in [0.15, 0.2) is 41.8 Å². The molecule has 150 valence electrons. The molecule has 1 aromatic carbocycles. The summed E-state index contributed by atoms with van der Waals surface area (Å²) in [6.07, 6.45) is 3.93. The number of amides is 2. The van der Waals surface area contributed by atoms with Gasteiger partial charge in [-0.15, -0.1) is 11.3 Å². The SMILES string of the molecule is COc1cccc(CNC(=O)CC[C@H]2CCCN(C(=O)Cc3cccs3)C2)c1. The molecule has 0 aliphatic carbocycles. The van der Waals surface area contributed by atoms with Crippen LogP contribution in [-0.4, -0.2) is 36.9 Å². The number of thiophene rings is 1. The zero-order valence-electron chi connectivity index (χ0n) is 16.4. The van der Waals surface area contributed by atoms with Gasteiger partial charge in [-0.1, -0.05) is 18.2 Å². The molecule has 1 atom stereocenters. The Kier molecular flexibility index (Phi) is 7.48. The van der Waals surface area contributed by atoms with Crippen molar-refractivity contribution >= 4 is 23.2 Å². The van der Waals surface area contributed by atoms with Crippen molar-refractivity contribution in [2.24, 2.45) is 5.92 Å². The largest absolute Gasteiger partial charge is 0.497 e. The fourth-order valence-corrected chi connectivity index (χ4v) is 4.30. The molecule has 1 N–H and O–H groups in total. The maximum Gasteiger partial charge on any atom is 0.227 e. The van der Waals surface area contributed by atoms with E-state index < -0.39 is 0 Å². The van der Waals surface area contributed by atoms with E-state index in [9.17, 15) is 9.59 Å². The van der Waals surface area contributed by atoms with E-state index in [4.69, 9.17) is 4.74 Å². The smallest absolute Gasteiger partial charge is 0.227 e. The van der Waals surface area contributed by atoms with Gasteiger partial charge >= 0.3 is 0 Å². The maximum atomic E-state index is 12.5. The molecule has 1 saturated heterocycles. The van der Waals surface area contributed by atoms with Crippen molar-refractivity contribution in [1.82, 2.24) is 10.2 Å². The first-order chi connectivity index (χ1) is 13.6. The molecule has 1 aromatic heterocycles. The number of rotatable bonds is 8. The highest BCUT2D eigenvalue weighted by atomic mass is 32.1. The molecule has 1 aliphatic rings. The minimum atomic E-state index is 0.0601. The van der Waals surface area contributed by atoms with Gasteiger partial charge in [-0.25, -0.2) is 0 Å². The number of carbonyl (C=O) groups excluding carboxylic acids is 2. The topological polar surface area (TPSA) is 58.6 Å². The Bertz CT molecular complexity index is 776. The first kappa shape index (κ1) is 20.4. The highest BCUT2D eigenvalue weighted by Crippen LogP contribution is 2.22. The van der Waals surface area contributed by atoms with Gasteiger partial charge in [0.05, 0.1) is 13.5 Å². The van der Waals surface area contributed by atoms with Crippen molar-refractivity contribution in [3.63, 3.8) is 0 Å². The molecule has 0 spiro atoms. The van der Waals surface area contributed by atoms with E-state index in [1.54, 1.807) is 18.4 Å². The van der Waals surface area contributed by atoms with Crippen molar-refractivity contribution < 1.29 is 14.3 Å². The highest BCUT2D eigenvalue weighted by Gasteiger charge is 2.24. The van der Waals surface area contributed by atoms with Crippen molar-refractivity contribution in [1.29, 1.82) is 0 Å². The lowest BCUT2D eigenvalue weighted by molar-refractivity contribution is -0.132. The van der Waals surface area contributed by atoms with Crippen LogP contribution >= 0.6 is 11.3 Å². The zero-order chi connectivity index (χ0) is 19.8. The average Bonchev–Trinajstić information content (AvgIpc) is 3.24. The van der Waals surface area contributed by atoms with Crippen LogP contribution in [-0.2, 0) is 22.6 Å². The highest BCUT2D eigenvalue weighted by molar-refractivity contribution is 7.10. The number of hydrogen-bond donors (Lipinski definition) is 1. The fraction of sp³-hybridized carbons (Fsp3) is 0.455. The van der Waals surface area contributed by atoms with E-state index in [1.807, 2.05) is 46.7 Å². The lowest BCUT2D eigenvalue weighted by atomic mass is 9.93. The fourth-order valence-electron chi connectivity index (χ4n) is 3.61. The Balaban J connectivity index is 1.39. The Labute approximate surface area is 170 Å². The Hall–Kier alpha value is -2.34. The van der Waals surface area contributed by atoms with E-state index in [1.165, 1.54) is 0 Å². The summed E-state index contributed by atoms with van der Waals surface area (Å²) in [4.78, 5) is 27.8. The van der Waals surface area contributed by atoms with Gasteiger partial charge < -0.3 is 15.0 Å². The summed E-state index contributed by atoms with van der Waals surface area (Å²) in [6, 6.07) is 11.7. The van der Waals surface area contributed by atoms with Gasteiger partial charge in [-0.05, 0) is 54.3 Å². The number of methoxy groups -OCH3 is 1. The Morgan fingerprint density at radius 2 is 2.18 bits per heavy atom. The van der Waals surface area contributed by atoms with Crippen molar-refractivity contribution in [2.75, 3.05) is 20.2 Å². The van der Waals surface area contributed by atoms with Gasteiger partial charge in [0.25, 0.3) is 0 Å². The van der Waals surface area contributed by atoms with Crippen LogP contribution in [0.2, 0.25) is 0 Å². The molecule has 2 aromatic rings. The van der Waals surface area contributed by atoms with Crippen LogP contribution in [0.1, 0.15) is 36.1 Å². The standard InChI is InChI=1S/C22H28N2O3S/c1-27-19-7-2-5-18(13-19)15-23-21(25)10-9-17-6-3-11-24(16-17)22(26)14-20-8-4-12-28-20/h2,4-5,7-8,12-13,17H,3,6,9-11,14-16H2,1H3,(H,23,25)/t17-/m1/s1. The van der Waals surface area contributed by atoms with Crippen LogP contribution in [0.3, 0.4) is 0 Å². The average molecular weight is 401 g/mol. The summed E-state index contributed by atoms with van der Waals surface area (Å²) >= 11 is 1.63. The van der Waals surface area contributed by atoms with Crippen LogP contribution < -0.4 is 10.1 Å². The first-order valence-corrected chi connectivity index (χ1v) is 10.7. The van der Waals surface area contributed by atoms with E-state index in [2.05, 4.69) is 5.32 Å². The van der Waals surface area contributed by atoms with Crippen molar-refractivity contribution in [3.8, 4) is 5.75 Å². The molecular weight excluding hydrogens is 372 g/mol. The lowest BCUT2D eigenvalue weighted by Gasteiger charge is -2.32.